The van der Waals surface area contributed by atoms with Crippen molar-refractivity contribution < 1.29 is 18.0 Å². The molecule has 1 rings (SSSR count). The molecule has 0 aromatic heterocycles. The van der Waals surface area contributed by atoms with Crippen molar-refractivity contribution in [1.29, 1.82) is 0 Å². The molecular formula is C8H13F3N2O. The fraction of sp³-hybridized carbons (Fsp3) is 0.875. The van der Waals surface area contributed by atoms with Gasteiger partial charge in [0.25, 0.3) is 0 Å². The standard InChI is InChI=1S/C8H13F3N2O/c1-7(3-2-4-13-7)6(14)12-5-8(9,10)11/h13H,2-5H2,1H3,(H,12,14). The molecule has 0 saturated carbocycles. The zero-order chi connectivity index (χ0) is 10.8. The van der Waals surface area contributed by atoms with Crippen LogP contribution < -0.4 is 10.6 Å². The average molecular weight is 210 g/mol. The summed E-state index contributed by atoms with van der Waals surface area (Å²) in [5.74, 6) is -0.577. The van der Waals surface area contributed by atoms with Crippen LogP contribution in [0.15, 0.2) is 0 Å². The summed E-state index contributed by atoms with van der Waals surface area (Å²) in [6, 6.07) is 0. The lowest BCUT2D eigenvalue weighted by molar-refractivity contribution is -0.141. The molecule has 1 fully saturated rings. The van der Waals surface area contributed by atoms with Gasteiger partial charge in [-0.25, -0.2) is 0 Å². The normalized spacial score (nSPS) is 27.7. The summed E-state index contributed by atoms with van der Waals surface area (Å²) in [7, 11) is 0. The number of carbonyl (C=O) groups excluding carboxylic acids is 1. The molecule has 1 heterocycles. The van der Waals surface area contributed by atoms with Crippen molar-refractivity contribution in [2.45, 2.75) is 31.5 Å². The number of rotatable bonds is 2. The van der Waals surface area contributed by atoms with Crippen LogP contribution in [0.3, 0.4) is 0 Å². The minimum Gasteiger partial charge on any atom is -0.345 e. The van der Waals surface area contributed by atoms with E-state index < -0.39 is 24.2 Å². The van der Waals surface area contributed by atoms with Crippen molar-refractivity contribution >= 4 is 5.91 Å². The number of hydrogen-bond acceptors (Lipinski definition) is 2. The second kappa shape index (κ2) is 3.76. The maximum atomic E-state index is 11.8. The van der Waals surface area contributed by atoms with Crippen LogP contribution in [0.1, 0.15) is 19.8 Å². The third-order valence-corrected chi connectivity index (χ3v) is 2.32. The summed E-state index contributed by atoms with van der Waals surface area (Å²) < 4.78 is 35.4. The SMILES string of the molecule is CC1(C(=O)NCC(F)(F)F)CCCN1. The van der Waals surface area contributed by atoms with E-state index in [1.54, 1.807) is 6.92 Å². The highest BCUT2D eigenvalue weighted by molar-refractivity contribution is 5.86. The summed E-state index contributed by atoms with van der Waals surface area (Å²) in [6.07, 6.45) is -2.95. The Balaban J connectivity index is 2.42. The van der Waals surface area contributed by atoms with Crippen LogP contribution in [0, 0.1) is 0 Å². The quantitative estimate of drug-likeness (QED) is 0.708. The summed E-state index contributed by atoms with van der Waals surface area (Å²) >= 11 is 0. The Morgan fingerprint density at radius 1 is 1.57 bits per heavy atom. The largest absolute Gasteiger partial charge is 0.405 e. The molecule has 1 amide bonds. The van der Waals surface area contributed by atoms with Gasteiger partial charge in [0, 0.05) is 0 Å². The molecule has 1 aliphatic rings. The first kappa shape index (κ1) is 11.3. The van der Waals surface area contributed by atoms with Crippen molar-refractivity contribution in [2.75, 3.05) is 13.1 Å². The van der Waals surface area contributed by atoms with Gasteiger partial charge in [-0.2, -0.15) is 13.2 Å². The van der Waals surface area contributed by atoms with Crippen LogP contribution in [-0.4, -0.2) is 30.7 Å². The molecule has 3 nitrogen and oxygen atoms in total. The Morgan fingerprint density at radius 3 is 2.64 bits per heavy atom. The van der Waals surface area contributed by atoms with Crippen LogP contribution >= 0.6 is 0 Å². The van der Waals surface area contributed by atoms with Crippen molar-refractivity contribution in [2.24, 2.45) is 0 Å². The lowest BCUT2D eigenvalue weighted by Gasteiger charge is -2.23. The lowest BCUT2D eigenvalue weighted by Crippen LogP contribution is -2.52. The van der Waals surface area contributed by atoms with E-state index >= 15 is 0 Å². The van der Waals surface area contributed by atoms with Gasteiger partial charge in [0.1, 0.15) is 6.54 Å². The summed E-state index contributed by atoms with van der Waals surface area (Å²) in [4.78, 5) is 11.3. The topological polar surface area (TPSA) is 41.1 Å². The molecule has 0 aromatic rings. The summed E-state index contributed by atoms with van der Waals surface area (Å²) in [5.41, 5.74) is -0.828. The molecule has 14 heavy (non-hydrogen) atoms. The second-order valence-electron chi connectivity index (χ2n) is 3.66. The predicted octanol–water partition coefficient (Wildman–Crippen LogP) is 0.807. The van der Waals surface area contributed by atoms with E-state index in [0.29, 0.717) is 13.0 Å². The fourth-order valence-corrected chi connectivity index (χ4v) is 1.46. The number of nitrogens with one attached hydrogen (secondary N) is 2. The highest BCUT2D eigenvalue weighted by Crippen LogP contribution is 2.19. The van der Waals surface area contributed by atoms with Crippen LogP contribution in [0.4, 0.5) is 13.2 Å². The lowest BCUT2D eigenvalue weighted by atomic mass is 9.99. The molecule has 1 unspecified atom stereocenters. The van der Waals surface area contributed by atoms with E-state index in [-0.39, 0.29) is 0 Å². The predicted molar refractivity (Wildman–Crippen MR) is 44.7 cm³/mol. The van der Waals surface area contributed by atoms with Crippen molar-refractivity contribution in [3.63, 3.8) is 0 Å². The molecule has 1 aliphatic heterocycles. The smallest absolute Gasteiger partial charge is 0.345 e. The number of amides is 1. The van der Waals surface area contributed by atoms with Gasteiger partial charge in [0.2, 0.25) is 5.91 Å². The van der Waals surface area contributed by atoms with Gasteiger partial charge in [-0.3, -0.25) is 4.79 Å². The Kier molecular flexibility index (Phi) is 3.04. The highest BCUT2D eigenvalue weighted by Gasteiger charge is 2.37. The van der Waals surface area contributed by atoms with E-state index in [1.807, 2.05) is 5.32 Å². The fourth-order valence-electron chi connectivity index (χ4n) is 1.46. The molecule has 2 N–H and O–H groups in total. The minimum atomic E-state index is -4.34. The van der Waals surface area contributed by atoms with E-state index in [1.165, 1.54) is 0 Å². The second-order valence-corrected chi connectivity index (χ2v) is 3.66. The molecule has 1 atom stereocenters. The van der Waals surface area contributed by atoms with Gasteiger partial charge in [0.15, 0.2) is 0 Å². The number of halogens is 3. The zero-order valence-electron chi connectivity index (χ0n) is 7.87. The molecule has 0 aliphatic carbocycles. The van der Waals surface area contributed by atoms with Crippen molar-refractivity contribution in [3.05, 3.63) is 0 Å². The summed E-state index contributed by atoms with van der Waals surface area (Å²) in [5, 5.41) is 4.77. The molecule has 0 bridgehead atoms. The van der Waals surface area contributed by atoms with Gasteiger partial charge >= 0.3 is 6.18 Å². The van der Waals surface area contributed by atoms with Crippen LogP contribution in [0.5, 0.6) is 0 Å². The number of hydrogen-bond donors (Lipinski definition) is 2. The Hall–Kier alpha value is -0.780. The Labute approximate surface area is 80.0 Å². The van der Waals surface area contributed by atoms with Crippen molar-refractivity contribution in [1.82, 2.24) is 10.6 Å². The summed E-state index contributed by atoms with van der Waals surface area (Å²) in [6.45, 7) is 1.03. The van der Waals surface area contributed by atoms with E-state index in [9.17, 15) is 18.0 Å². The third-order valence-electron chi connectivity index (χ3n) is 2.32. The zero-order valence-corrected chi connectivity index (χ0v) is 7.87. The first-order valence-electron chi connectivity index (χ1n) is 4.44. The van der Waals surface area contributed by atoms with Crippen molar-refractivity contribution in [3.8, 4) is 0 Å². The highest BCUT2D eigenvalue weighted by atomic mass is 19.4. The number of alkyl halides is 3. The average Bonchev–Trinajstić information content (AvgIpc) is 2.48. The maximum absolute atomic E-state index is 11.8. The molecule has 0 spiro atoms. The van der Waals surface area contributed by atoms with E-state index in [2.05, 4.69) is 5.32 Å². The molecule has 82 valence electrons. The first-order chi connectivity index (χ1) is 6.33. The minimum absolute atomic E-state index is 0.577. The van der Waals surface area contributed by atoms with Crippen LogP contribution in [0.2, 0.25) is 0 Å². The third kappa shape index (κ3) is 2.87. The van der Waals surface area contributed by atoms with Crippen LogP contribution in [-0.2, 0) is 4.79 Å². The molecule has 1 saturated heterocycles. The van der Waals surface area contributed by atoms with Gasteiger partial charge < -0.3 is 10.6 Å². The molecule has 6 heteroatoms. The van der Waals surface area contributed by atoms with Gasteiger partial charge in [0.05, 0.1) is 5.54 Å². The molecular weight excluding hydrogens is 197 g/mol. The van der Waals surface area contributed by atoms with Crippen LogP contribution in [0.25, 0.3) is 0 Å². The monoisotopic (exact) mass is 210 g/mol. The number of carbonyl (C=O) groups is 1. The van der Waals surface area contributed by atoms with Gasteiger partial charge in [-0.05, 0) is 26.3 Å². The van der Waals surface area contributed by atoms with Gasteiger partial charge in [-0.1, -0.05) is 0 Å². The first-order valence-corrected chi connectivity index (χ1v) is 4.44. The Morgan fingerprint density at radius 2 is 2.21 bits per heavy atom. The molecule has 0 radical (unpaired) electrons. The van der Waals surface area contributed by atoms with E-state index in [0.717, 1.165) is 6.42 Å². The van der Waals surface area contributed by atoms with Gasteiger partial charge in [-0.15, -0.1) is 0 Å². The van der Waals surface area contributed by atoms with E-state index in [4.69, 9.17) is 0 Å². The Bertz CT molecular complexity index is 221. The molecule has 0 aromatic carbocycles. The maximum Gasteiger partial charge on any atom is 0.405 e.